The number of carbonyl (C=O) groups is 2. The van der Waals surface area contributed by atoms with Crippen LogP contribution in [0.4, 0.5) is 4.39 Å². The highest BCUT2D eigenvalue weighted by Gasteiger charge is 2.53. The van der Waals surface area contributed by atoms with Gasteiger partial charge >= 0.3 is 5.97 Å². The van der Waals surface area contributed by atoms with Crippen LogP contribution in [-0.2, 0) is 14.3 Å². The lowest BCUT2D eigenvalue weighted by Crippen LogP contribution is -2.58. The summed E-state index contributed by atoms with van der Waals surface area (Å²) in [5.41, 5.74) is -0.466. The van der Waals surface area contributed by atoms with Gasteiger partial charge in [-0.3, -0.25) is 9.59 Å². The minimum atomic E-state index is -1.11. The summed E-state index contributed by atoms with van der Waals surface area (Å²) in [6, 6.07) is 1.35. The molecule has 2 atom stereocenters. The number of rotatable bonds is 5. The van der Waals surface area contributed by atoms with Gasteiger partial charge in [-0.25, -0.2) is 4.39 Å². The van der Waals surface area contributed by atoms with Crippen molar-refractivity contribution >= 4 is 24.3 Å². The summed E-state index contributed by atoms with van der Waals surface area (Å²) in [6.45, 7) is 2.37. The molecule has 1 heterocycles. The van der Waals surface area contributed by atoms with Crippen LogP contribution in [0.3, 0.4) is 0 Å². The van der Waals surface area contributed by atoms with Gasteiger partial charge in [0.15, 0.2) is 0 Å². The van der Waals surface area contributed by atoms with E-state index >= 15 is 0 Å². The van der Waals surface area contributed by atoms with Crippen LogP contribution >= 0.6 is 12.4 Å². The van der Waals surface area contributed by atoms with E-state index in [0.717, 1.165) is 38.5 Å². The van der Waals surface area contributed by atoms with E-state index < -0.39 is 12.2 Å². The van der Waals surface area contributed by atoms with E-state index in [1.54, 1.807) is 0 Å². The van der Waals surface area contributed by atoms with E-state index in [-0.39, 0.29) is 54.7 Å². The Bertz CT molecular complexity index is 570. The van der Waals surface area contributed by atoms with E-state index in [1.807, 2.05) is 13.0 Å². The van der Waals surface area contributed by atoms with Gasteiger partial charge in [-0.2, -0.15) is 5.26 Å². The molecule has 0 radical (unpaired) electrons. The van der Waals surface area contributed by atoms with Gasteiger partial charge in [0.25, 0.3) is 0 Å². The molecule has 8 heteroatoms. The molecule has 4 aliphatic rings. The SMILES string of the molecule is CCOC(=O)C12CCC(NCC(=O)N3C[C@@H](F)C[C@H]3C#N)(CC1)CC2.Cl. The molecule has 146 valence electrons. The Morgan fingerprint density at radius 1 is 1.27 bits per heavy atom. The van der Waals surface area contributed by atoms with Crippen molar-refractivity contribution in [3.63, 3.8) is 0 Å². The van der Waals surface area contributed by atoms with Crippen LogP contribution in [0.2, 0.25) is 0 Å². The van der Waals surface area contributed by atoms with Crippen molar-refractivity contribution < 1.29 is 18.7 Å². The second kappa shape index (κ2) is 8.10. The number of fused-ring (bicyclic) bond motifs is 3. The topological polar surface area (TPSA) is 82.4 Å². The molecule has 1 aliphatic heterocycles. The monoisotopic (exact) mass is 387 g/mol. The fourth-order valence-corrected chi connectivity index (χ4v) is 4.59. The Morgan fingerprint density at radius 2 is 1.88 bits per heavy atom. The van der Waals surface area contributed by atoms with Gasteiger partial charge in [-0.05, 0) is 45.4 Å². The second-order valence-electron chi connectivity index (χ2n) is 7.66. The first-order valence-corrected chi connectivity index (χ1v) is 9.19. The number of carbonyl (C=O) groups excluding carboxylic acids is 2. The third kappa shape index (κ3) is 3.81. The van der Waals surface area contributed by atoms with Crippen LogP contribution in [0.15, 0.2) is 0 Å². The number of amides is 1. The van der Waals surface area contributed by atoms with Gasteiger partial charge in [-0.15, -0.1) is 12.4 Å². The van der Waals surface area contributed by atoms with Crippen LogP contribution in [-0.4, -0.2) is 54.2 Å². The molecule has 4 fully saturated rings. The van der Waals surface area contributed by atoms with Gasteiger partial charge < -0.3 is 15.0 Å². The molecule has 4 rings (SSSR count). The lowest BCUT2D eigenvalue weighted by atomic mass is 9.57. The molecule has 1 amide bonds. The number of hydrogen-bond donors (Lipinski definition) is 1. The van der Waals surface area contributed by atoms with Crippen molar-refractivity contribution in [2.24, 2.45) is 5.41 Å². The number of esters is 1. The number of nitrogens with zero attached hydrogens (tertiary/aromatic N) is 2. The van der Waals surface area contributed by atoms with Gasteiger partial charge in [0, 0.05) is 12.0 Å². The highest BCUT2D eigenvalue weighted by atomic mass is 35.5. The molecule has 0 aromatic rings. The maximum atomic E-state index is 13.5. The predicted molar refractivity (Wildman–Crippen MR) is 95.4 cm³/mol. The Morgan fingerprint density at radius 3 is 2.42 bits per heavy atom. The van der Waals surface area contributed by atoms with Crippen molar-refractivity contribution in [2.75, 3.05) is 19.7 Å². The Hall–Kier alpha value is -1.39. The average Bonchev–Trinajstić information content (AvgIpc) is 3.02. The fraction of sp³-hybridized carbons (Fsp3) is 0.833. The van der Waals surface area contributed by atoms with Crippen LogP contribution in [0.1, 0.15) is 51.9 Å². The molecule has 6 nitrogen and oxygen atoms in total. The highest BCUT2D eigenvalue weighted by molar-refractivity contribution is 5.85. The zero-order chi connectivity index (χ0) is 18.1. The summed E-state index contributed by atoms with van der Waals surface area (Å²) in [5, 5.41) is 12.4. The predicted octanol–water partition coefficient (Wildman–Crippen LogP) is 2.12. The van der Waals surface area contributed by atoms with Gasteiger partial charge in [0.05, 0.1) is 31.2 Å². The summed E-state index contributed by atoms with van der Waals surface area (Å²) in [5.74, 6) is -0.295. The summed E-state index contributed by atoms with van der Waals surface area (Å²) < 4.78 is 18.7. The molecule has 26 heavy (non-hydrogen) atoms. The number of hydrogen-bond acceptors (Lipinski definition) is 5. The molecular weight excluding hydrogens is 361 g/mol. The summed E-state index contributed by atoms with van der Waals surface area (Å²) in [4.78, 5) is 26.0. The number of halogens is 2. The third-order valence-corrected chi connectivity index (χ3v) is 6.29. The van der Waals surface area contributed by atoms with Gasteiger partial charge in [0.1, 0.15) is 12.2 Å². The maximum absolute atomic E-state index is 13.5. The molecule has 0 aromatic carbocycles. The standard InChI is InChI=1S/C18H26FN3O3.ClH/c1-2-25-16(24)17-3-6-18(7-4-17,8-5-17)21-11-15(23)22-12-13(19)9-14(22)10-20;/h13-14,21H,2-9,11-12H2,1H3;1H/t13-,14-,17?,18?;/m0./s1. The molecule has 0 unspecified atom stereocenters. The highest BCUT2D eigenvalue weighted by Crippen LogP contribution is 2.52. The Kier molecular flexibility index (Phi) is 6.51. The summed E-state index contributed by atoms with van der Waals surface area (Å²) >= 11 is 0. The molecule has 0 aromatic heterocycles. The molecule has 3 saturated carbocycles. The minimum absolute atomic E-state index is 0. The number of alkyl halides is 1. The third-order valence-electron chi connectivity index (χ3n) is 6.29. The van der Waals surface area contributed by atoms with Crippen molar-refractivity contribution in [1.82, 2.24) is 10.2 Å². The average molecular weight is 388 g/mol. The Balaban J connectivity index is 0.00000243. The van der Waals surface area contributed by atoms with E-state index in [2.05, 4.69) is 5.32 Å². The number of nitriles is 1. The van der Waals surface area contributed by atoms with E-state index in [4.69, 9.17) is 10.00 Å². The fourth-order valence-electron chi connectivity index (χ4n) is 4.59. The molecule has 3 aliphatic carbocycles. The summed E-state index contributed by atoms with van der Waals surface area (Å²) in [6.07, 6.45) is 3.86. The zero-order valence-electron chi connectivity index (χ0n) is 15.1. The van der Waals surface area contributed by atoms with Crippen molar-refractivity contribution in [3.8, 4) is 6.07 Å². The summed E-state index contributed by atoms with van der Waals surface area (Å²) in [7, 11) is 0. The first kappa shape index (κ1) is 20.9. The lowest BCUT2D eigenvalue weighted by molar-refractivity contribution is -0.163. The van der Waals surface area contributed by atoms with Crippen LogP contribution in [0.5, 0.6) is 0 Å². The van der Waals surface area contributed by atoms with E-state index in [9.17, 15) is 14.0 Å². The smallest absolute Gasteiger partial charge is 0.312 e. The van der Waals surface area contributed by atoms with Crippen LogP contribution < -0.4 is 5.32 Å². The van der Waals surface area contributed by atoms with Crippen LogP contribution in [0.25, 0.3) is 0 Å². The van der Waals surface area contributed by atoms with Crippen molar-refractivity contribution in [3.05, 3.63) is 0 Å². The molecule has 1 saturated heterocycles. The molecule has 0 spiro atoms. The van der Waals surface area contributed by atoms with E-state index in [1.165, 1.54) is 4.90 Å². The first-order valence-electron chi connectivity index (χ1n) is 9.19. The first-order chi connectivity index (χ1) is 11.9. The molecule has 1 N–H and O–H groups in total. The Labute approximate surface area is 159 Å². The molecular formula is C18H27ClFN3O3. The normalized spacial score (nSPS) is 35.5. The van der Waals surface area contributed by atoms with E-state index in [0.29, 0.717) is 6.61 Å². The number of nitrogens with one attached hydrogen (secondary N) is 1. The van der Waals surface area contributed by atoms with Gasteiger partial charge in [-0.1, -0.05) is 0 Å². The quantitative estimate of drug-likeness (QED) is 0.730. The largest absolute Gasteiger partial charge is 0.466 e. The number of ether oxygens (including phenoxy) is 1. The van der Waals surface area contributed by atoms with Crippen LogP contribution in [0, 0.1) is 16.7 Å². The minimum Gasteiger partial charge on any atom is -0.466 e. The zero-order valence-corrected chi connectivity index (χ0v) is 15.9. The maximum Gasteiger partial charge on any atom is 0.312 e. The van der Waals surface area contributed by atoms with Crippen molar-refractivity contribution in [1.29, 1.82) is 5.26 Å². The van der Waals surface area contributed by atoms with Gasteiger partial charge in [0.2, 0.25) is 5.91 Å². The number of likely N-dealkylation sites (tertiary alicyclic amines) is 1. The second-order valence-corrected chi connectivity index (χ2v) is 7.66. The van der Waals surface area contributed by atoms with Crippen molar-refractivity contribution in [2.45, 2.75) is 69.6 Å². The lowest BCUT2D eigenvalue weighted by Gasteiger charge is -2.52. The molecule has 2 bridgehead atoms.